The van der Waals surface area contributed by atoms with Crippen LogP contribution in [0.1, 0.15) is 34.1 Å². The van der Waals surface area contributed by atoms with Crippen molar-refractivity contribution in [3.63, 3.8) is 0 Å². The lowest BCUT2D eigenvalue weighted by molar-refractivity contribution is -0.243. The zero-order valence-corrected chi connectivity index (χ0v) is 13.7. The Balaban J connectivity index is 1.69. The first-order valence-electron chi connectivity index (χ1n) is 7.96. The van der Waals surface area contributed by atoms with Gasteiger partial charge in [0.1, 0.15) is 24.4 Å². The molecule has 0 aromatic rings. The minimum Gasteiger partial charge on any atom is -0.379 e. The molecule has 5 unspecified atom stereocenters. The minimum absolute atomic E-state index is 0.223. The molecule has 22 heavy (non-hydrogen) atoms. The summed E-state index contributed by atoms with van der Waals surface area (Å²) in [5, 5.41) is 0. The van der Waals surface area contributed by atoms with Crippen LogP contribution in [0, 0.1) is 0 Å². The number of rotatable bonds is 5. The summed E-state index contributed by atoms with van der Waals surface area (Å²) in [6, 6.07) is 0. The van der Waals surface area contributed by atoms with Crippen LogP contribution in [-0.4, -0.2) is 62.0 Å². The number of fused-ring (bicyclic) bond motifs is 3. The highest BCUT2D eigenvalue weighted by Crippen LogP contribution is 2.44. The minimum atomic E-state index is -0.689. The first-order valence-corrected chi connectivity index (χ1v) is 7.96. The second-order valence-electron chi connectivity index (χ2n) is 6.92. The van der Waals surface area contributed by atoms with E-state index >= 15 is 0 Å². The summed E-state index contributed by atoms with van der Waals surface area (Å²) in [7, 11) is 0. The molecule has 3 heterocycles. The van der Waals surface area contributed by atoms with Gasteiger partial charge in [-0.25, -0.2) is 0 Å². The molecule has 0 radical (unpaired) electrons. The SMILES string of the molecule is CC1(C)OC2OC(COCCCN)C3OC(C)(C)OC3C2O1. The smallest absolute Gasteiger partial charge is 0.190 e. The van der Waals surface area contributed by atoms with Gasteiger partial charge >= 0.3 is 0 Å². The van der Waals surface area contributed by atoms with Gasteiger partial charge < -0.3 is 34.2 Å². The van der Waals surface area contributed by atoms with Crippen LogP contribution in [-0.2, 0) is 28.4 Å². The van der Waals surface area contributed by atoms with Gasteiger partial charge in [-0.1, -0.05) is 0 Å². The number of ether oxygens (including phenoxy) is 6. The van der Waals surface area contributed by atoms with Gasteiger partial charge in [0.2, 0.25) is 0 Å². The van der Waals surface area contributed by atoms with Crippen LogP contribution in [0.2, 0.25) is 0 Å². The van der Waals surface area contributed by atoms with Crippen molar-refractivity contribution in [2.24, 2.45) is 5.73 Å². The Kier molecular flexibility index (Phi) is 4.50. The zero-order valence-electron chi connectivity index (χ0n) is 13.7. The highest BCUT2D eigenvalue weighted by atomic mass is 16.9. The number of hydrogen-bond donors (Lipinski definition) is 1. The number of nitrogens with two attached hydrogens (primary N) is 1. The van der Waals surface area contributed by atoms with Crippen LogP contribution in [0.3, 0.4) is 0 Å². The van der Waals surface area contributed by atoms with Crippen molar-refractivity contribution in [1.29, 1.82) is 0 Å². The molecular formula is C15H27NO6. The van der Waals surface area contributed by atoms with Crippen molar-refractivity contribution in [3.8, 4) is 0 Å². The molecule has 0 saturated carbocycles. The Labute approximate surface area is 131 Å². The van der Waals surface area contributed by atoms with Gasteiger partial charge in [-0.15, -0.1) is 0 Å². The Bertz CT molecular complexity index is 401. The van der Waals surface area contributed by atoms with Crippen molar-refractivity contribution in [2.75, 3.05) is 19.8 Å². The summed E-state index contributed by atoms with van der Waals surface area (Å²) < 4.78 is 35.5. The molecule has 3 rings (SSSR count). The van der Waals surface area contributed by atoms with E-state index in [2.05, 4.69) is 0 Å². The van der Waals surface area contributed by atoms with E-state index in [1.165, 1.54) is 0 Å². The highest BCUT2D eigenvalue weighted by Gasteiger charge is 2.60. The molecule has 0 spiro atoms. The summed E-state index contributed by atoms with van der Waals surface area (Å²) in [5.41, 5.74) is 5.48. The summed E-state index contributed by atoms with van der Waals surface area (Å²) >= 11 is 0. The maximum atomic E-state index is 6.03. The van der Waals surface area contributed by atoms with E-state index in [4.69, 9.17) is 34.2 Å². The van der Waals surface area contributed by atoms with Crippen LogP contribution < -0.4 is 5.73 Å². The molecule has 5 atom stereocenters. The third kappa shape index (κ3) is 3.31. The molecule has 0 aromatic heterocycles. The first kappa shape index (κ1) is 16.6. The second-order valence-corrected chi connectivity index (χ2v) is 6.92. The maximum absolute atomic E-state index is 6.03. The Morgan fingerprint density at radius 1 is 0.909 bits per heavy atom. The lowest BCUT2D eigenvalue weighted by Gasteiger charge is -2.37. The number of hydrogen-bond acceptors (Lipinski definition) is 7. The monoisotopic (exact) mass is 317 g/mol. The van der Waals surface area contributed by atoms with E-state index in [1.54, 1.807) is 0 Å². The molecular weight excluding hydrogens is 290 g/mol. The van der Waals surface area contributed by atoms with E-state index in [-0.39, 0.29) is 24.4 Å². The van der Waals surface area contributed by atoms with Crippen LogP contribution in [0.25, 0.3) is 0 Å². The van der Waals surface area contributed by atoms with Gasteiger partial charge in [-0.05, 0) is 40.7 Å². The molecule has 0 bridgehead atoms. The molecule has 0 amide bonds. The normalized spacial score (nSPS) is 42.1. The van der Waals surface area contributed by atoms with Gasteiger partial charge in [0, 0.05) is 6.61 Å². The van der Waals surface area contributed by atoms with Crippen molar-refractivity contribution in [3.05, 3.63) is 0 Å². The van der Waals surface area contributed by atoms with E-state index < -0.39 is 17.9 Å². The predicted molar refractivity (Wildman–Crippen MR) is 77.0 cm³/mol. The van der Waals surface area contributed by atoms with Crippen molar-refractivity contribution in [1.82, 2.24) is 0 Å². The zero-order chi connectivity index (χ0) is 16.0. The first-order chi connectivity index (χ1) is 10.3. The fraction of sp³-hybridized carbons (Fsp3) is 1.00. The van der Waals surface area contributed by atoms with Gasteiger partial charge in [0.25, 0.3) is 0 Å². The molecule has 3 fully saturated rings. The average molecular weight is 317 g/mol. The van der Waals surface area contributed by atoms with Gasteiger partial charge in [-0.3, -0.25) is 0 Å². The summed E-state index contributed by atoms with van der Waals surface area (Å²) in [6.07, 6.45) is -0.630. The quantitative estimate of drug-likeness (QED) is 0.749. The molecule has 7 nitrogen and oxygen atoms in total. The fourth-order valence-electron chi connectivity index (χ4n) is 3.21. The Morgan fingerprint density at radius 2 is 1.55 bits per heavy atom. The van der Waals surface area contributed by atoms with Crippen molar-refractivity contribution >= 4 is 0 Å². The lowest BCUT2D eigenvalue weighted by Crippen LogP contribution is -2.56. The largest absolute Gasteiger partial charge is 0.379 e. The van der Waals surface area contributed by atoms with E-state index in [0.717, 1.165) is 6.42 Å². The van der Waals surface area contributed by atoms with E-state index in [9.17, 15) is 0 Å². The Morgan fingerprint density at radius 3 is 2.27 bits per heavy atom. The average Bonchev–Trinajstić information content (AvgIpc) is 2.89. The molecule has 2 N–H and O–H groups in total. The summed E-state index contributed by atoms with van der Waals surface area (Å²) in [4.78, 5) is 0. The van der Waals surface area contributed by atoms with Crippen LogP contribution in [0.5, 0.6) is 0 Å². The predicted octanol–water partition coefficient (Wildman–Crippen LogP) is 0.748. The fourth-order valence-corrected chi connectivity index (χ4v) is 3.21. The van der Waals surface area contributed by atoms with E-state index in [1.807, 2.05) is 27.7 Å². The lowest BCUT2D eigenvalue weighted by atomic mass is 9.99. The van der Waals surface area contributed by atoms with Crippen molar-refractivity contribution < 1.29 is 28.4 Å². The summed E-state index contributed by atoms with van der Waals surface area (Å²) in [6.45, 7) is 9.18. The molecule has 128 valence electrons. The summed E-state index contributed by atoms with van der Waals surface area (Å²) in [5.74, 6) is -1.36. The molecule has 3 aliphatic heterocycles. The Hall–Kier alpha value is -0.280. The highest BCUT2D eigenvalue weighted by molar-refractivity contribution is 5.00. The van der Waals surface area contributed by atoms with Crippen LogP contribution in [0.4, 0.5) is 0 Å². The van der Waals surface area contributed by atoms with Crippen molar-refractivity contribution in [2.45, 2.75) is 76.4 Å². The van der Waals surface area contributed by atoms with Crippen LogP contribution in [0.15, 0.2) is 0 Å². The maximum Gasteiger partial charge on any atom is 0.190 e. The third-order valence-corrected chi connectivity index (χ3v) is 4.03. The van der Waals surface area contributed by atoms with E-state index in [0.29, 0.717) is 19.8 Å². The molecule has 3 saturated heterocycles. The topological polar surface area (TPSA) is 81.4 Å². The molecule has 3 aliphatic rings. The van der Waals surface area contributed by atoms with Gasteiger partial charge in [-0.2, -0.15) is 0 Å². The van der Waals surface area contributed by atoms with Gasteiger partial charge in [0.05, 0.1) is 6.61 Å². The third-order valence-electron chi connectivity index (χ3n) is 4.03. The molecule has 7 heteroatoms. The van der Waals surface area contributed by atoms with Crippen LogP contribution >= 0.6 is 0 Å². The molecule has 0 aromatic carbocycles. The van der Waals surface area contributed by atoms with Gasteiger partial charge in [0.15, 0.2) is 17.9 Å². The second kappa shape index (κ2) is 5.98. The standard InChI is InChI=1S/C15H27NO6/c1-14(2)19-10-9(8-17-7-5-6-16)18-13-12(11(10)20-14)21-15(3,4)22-13/h9-13H,5-8,16H2,1-4H3. The molecule has 0 aliphatic carbocycles.